The summed E-state index contributed by atoms with van der Waals surface area (Å²) in [5, 5.41) is 11.3. The number of ether oxygens (including phenoxy) is 1. The third-order valence-corrected chi connectivity index (χ3v) is 3.87. The van der Waals surface area contributed by atoms with Gasteiger partial charge in [0, 0.05) is 11.6 Å². The number of aryl methyl sites for hydroxylation is 1. The molecule has 0 spiro atoms. The highest BCUT2D eigenvalue weighted by molar-refractivity contribution is 7.14. The van der Waals surface area contributed by atoms with Crippen LogP contribution in [0.2, 0.25) is 5.28 Å². The number of hydrogen-bond acceptors (Lipinski definition) is 6. The number of methoxy groups -OCH3 is 1. The summed E-state index contributed by atoms with van der Waals surface area (Å²) in [6.07, 6.45) is 1.55. The van der Waals surface area contributed by atoms with Crippen LogP contribution >= 0.6 is 21.0 Å². The molecule has 1 aromatic carbocycles. The Morgan fingerprint density at radius 1 is 1.39 bits per heavy atom. The summed E-state index contributed by atoms with van der Waals surface area (Å²) < 4.78 is 6.74. The minimum absolute atomic E-state index is 0.0350. The summed E-state index contributed by atoms with van der Waals surface area (Å²) in [4.78, 5) is 23.3. The van der Waals surface area contributed by atoms with E-state index in [0.29, 0.717) is 28.0 Å². The number of hydrogen-bond donors (Lipinski definition) is 0. The van der Waals surface area contributed by atoms with Crippen LogP contribution in [0.4, 0.5) is 5.69 Å². The first-order chi connectivity index (χ1) is 10.9. The Bertz CT molecular complexity index is 943. The van der Waals surface area contributed by atoms with E-state index in [4.69, 9.17) is 16.3 Å². The van der Waals surface area contributed by atoms with Gasteiger partial charge in [0.15, 0.2) is 11.4 Å². The summed E-state index contributed by atoms with van der Waals surface area (Å²) >= 11 is 5.97. The number of aromatic nitrogens is 4. The lowest BCUT2D eigenvalue weighted by atomic mass is 10.1. The van der Waals surface area contributed by atoms with Crippen molar-refractivity contribution in [1.29, 1.82) is 0 Å². The molecule has 3 rings (SSSR count). The Kier molecular flexibility index (Phi) is 3.87. The van der Waals surface area contributed by atoms with Gasteiger partial charge in [-0.3, -0.25) is 14.5 Å². The highest BCUT2D eigenvalue weighted by Gasteiger charge is 2.22. The van der Waals surface area contributed by atoms with E-state index < -0.39 is 4.92 Å². The number of rotatable bonds is 3. The lowest BCUT2D eigenvalue weighted by Crippen LogP contribution is -1.98. The fraction of sp³-hybridized carbons (Fsp3) is 0.154. The number of nitro groups is 1. The third-order valence-electron chi connectivity index (χ3n) is 3.32. The Morgan fingerprint density at radius 3 is 2.78 bits per heavy atom. The second-order valence-corrected chi connectivity index (χ2v) is 5.66. The Hall–Kier alpha value is -2.31. The third kappa shape index (κ3) is 2.60. The van der Waals surface area contributed by atoms with Gasteiger partial charge in [0.25, 0.3) is 0 Å². The Balaban J connectivity index is 2.33. The first-order valence-electron chi connectivity index (χ1n) is 6.41. The number of imidazole rings is 1. The van der Waals surface area contributed by atoms with Gasteiger partial charge < -0.3 is 4.74 Å². The molecule has 23 heavy (non-hydrogen) atoms. The van der Waals surface area contributed by atoms with Crippen molar-refractivity contribution in [3.8, 4) is 17.0 Å². The average molecular weight is 352 g/mol. The first-order valence-corrected chi connectivity index (χ1v) is 7.31. The van der Waals surface area contributed by atoms with Crippen molar-refractivity contribution in [3.05, 3.63) is 39.4 Å². The van der Waals surface area contributed by atoms with Crippen LogP contribution in [0, 0.1) is 17.0 Å². The molecule has 0 saturated heterocycles. The molecular weight excluding hydrogens is 341 g/mol. The molecule has 2 heterocycles. The molecule has 1 unspecified atom stereocenters. The summed E-state index contributed by atoms with van der Waals surface area (Å²) in [5.41, 5.74) is 2.44. The monoisotopic (exact) mass is 351 g/mol. The number of halogens is 1. The molecule has 0 amide bonds. The van der Waals surface area contributed by atoms with Gasteiger partial charge in [0.2, 0.25) is 5.28 Å². The van der Waals surface area contributed by atoms with Crippen molar-refractivity contribution >= 4 is 37.8 Å². The van der Waals surface area contributed by atoms with E-state index in [2.05, 4.69) is 24.3 Å². The summed E-state index contributed by atoms with van der Waals surface area (Å²) in [6, 6.07) is 3.14. The van der Waals surface area contributed by atoms with E-state index in [1.165, 1.54) is 13.2 Å². The zero-order valence-electron chi connectivity index (χ0n) is 12.1. The zero-order valence-corrected chi connectivity index (χ0v) is 14.1. The molecule has 0 aliphatic heterocycles. The summed E-state index contributed by atoms with van der Waals surface area (Å²) in [7, 11) is 3.83. The van der Waals surface area contributed by atoms with Gasteiger partial charge >= 0.3 is 5.69 Å². The first kappa shape index (κ1) is 15.6. The summed E-state index contributed by atoms with van der Waals surface area (Å²) in [6.45, 7) is 1.73. The van der Waals surface area contributed by atoms with E-state index in [9.17, 15) is 10.1 Å². The predicted octanol–water partition coefficient (Wildman–Crippen LogP) is 3.01. The molecule has 0 bridgehead atoms. The number of nitrogens with zero attached hydrogens (tertiary/aromatic N) is 5. The van der Waals surface area contributed by atoms with Gasteiger partial charge in [-0.2, -0.15) is 4.98 Å². The van der Waals surface area contributed by atoms with E-state index in [0.717, 1.165) is 0 Å². The van der Waals surface area contributed by atoms with Crippen molar-refractivity contribution in [1.82, 2.24) is 19.3 Å². The molecule has 118 valence electrons. The van der Waals surface area contributed by atoms with Crippen molar-refractivity contribution in [3.63, 3.8) is 0 Å². The molecule has 0 saturated carbocycles. The molecule has 10 heteroatoms. The van der Waals surface area contributed by atoms with Gasteiger partial charge in [-0.25, -0.2) is 9.97 Å². The predicted molar refractivity (Wildman–Crippen MR) is 88.8 cm³/mol. The Morgan fingerprint density at radius 2 is 2.13 bits per heavy atom. The molecule has 0 radical (unpaired) electrons. The SMILES string of the molecule is COc1c(C)cc(-c2nc(Cl)nc3c2ncn3P)cc1[N+](=O)[O-]. The molecule has 3 aromatic rings. The van der Waals surface area contributed by atoms with Crippen LogP contribution in [-0.2, 0) is 0 Å². The fourth-order valence-corrected chi connectivity index (χ4v) is 2.80. The maximum Gasteiger partial charge on any atom is 0.311 e. The van der Waals surface area contributed by atoms with Crippen LogP contribution in [0.15, 0.2) is 18.5 Å². The maximum absolute atomic E-state index is 11.3. The highest BCUT2D eigenvalue weighted by atomic mass is 35.5. The second kappa shape index (κ2) is 5.72. The quantitative estimate of drug-likeness (QED) is 0.311. The van der Waals surface area contributed by atoms with Crippen molar-refractivity contribution in [2.24, 2.45) is 0 Å². The molecule has 2 aromatic heterocycles. The second-order valence-electron chi connectivity index (χ2n) is 4.77. The lowest BCUT2D eigenvalue weighted by Gasteiger charge is -2.09. The lowest BCUT2D eigenvalue weighted by molar-refractivity contribution is -0.385. The van der Waals surface area contributed by atoms with Crippen LogP contribution in [0.25, 0.3) is 22.4 Å². The standard InChI is InChI=1S/C13H11ClN5O3P/c1-6-3-7(4-8(19(20)21)11(6)22-2)9-10-12(17-13(14)16-9)18(23)5-15-10/h3-5H,23H2,1-2H3. The van der Waals surface area contributed by atoms with Crippen LogP contribution in [0.3, 0.4) is 0 Å². The average Bonchev–Trinajstić information content (AvgIpc) is 2.87. The zero-order chi connectivity index (χ0) is 16.7. The molecule has 1 atom stereocenters. The van der Waals surface area contributed by atoms with E-state index >= 15 is 0 Å². The number of fused-ring (bicyclic) bond motifs is 1. The van der Waals surface area contributed by atoms with Gasteiger partial charge in [-0.05, 0) is 39.5 Å². The van der Waals surface area contributed by atoms with Crippen LogP contribution in [0.1, 0.15) is 5.56 Å². The van der Waals surface area contributed by atoms with Gasteiger partial charge in [0.1, 0.15) is 17.5 Å². The van der Waals surface area contributed by atoms with E-state index in [1.54, 1.807) is 23.7 Å². The minimum Gasteiger partial charge on any atom is -0.490 e. The minimum atomic E-state index is -0.496. The van der Waals surface area contributed by atoms with Crippen LogP contribution < -0.4 is 4.74 Å². The Labute approximate surface area is 137 Å². The topological polar surface area (TPSA) is 96.0 Å². The molecule has 0 aliphatic rings. The largest absolute Gasteiger partial charge is 0.490 e. The van der Waals surface area contributed by atoms with E-state index in [1.807, 2.05) is 0 Å². The van der Waals surface area contributed by atoms with Crippen molar-refractivity contribution < 1.29 is 9.66 Å². The van der Waals surface area contributed by atoms with Gasteiger partial charge in [0.05, 0.1) is 12.0 Å². The van der Waals surface area contributed by atoms with Gasteiger partial charge in [-0.15, -0.1) is 0 Å². The molecule has 0 aliphatic carbocycles. The van der Waals surface area contributed by atoms with Crippen LogP contribution in [0.5, 0.6) is 5.75 Å². The molecule has 8 nitrogen and oxygen atoms in total. The van der Waals surface area contributed by atoms with Gasteiger partial charge in [-0.1, -0.05) is 0 Å². The van der Waals surface area contributed by atoms with Crippen molar-refractivity contribution in [2.75, 3.05) is 7.11 Å². The summed E-state index contributed by atoms with van der Waals surface area (Å²) in [5.74, 6) is 0.215. The van der Waals surface area contributed by atoms with Crippen molar-refractivity contribution in [2.45, 2.75) is 6.92 Å². The highest BCUT2D eigenvalue weighted by Crippen LogP contribution is 2.37. The smallest absolute Gasteiger partial charge is 0.311 e. The molecule has 0 fully saturated rings. The van der Waals surface area contributed by atoms with Crippen LogP contribution in [-0.4, -0.2) is 31.3 Å². The number of nitro benzene ring substituents is 1. The molecular formula is C13H11ClN5O3P. The number of benzene rings is 1. The van der Waals surface area contributed by atoms with E-state index in [-0.39, 0.29) is 16.7 Å². The maximum atomic E-state index is 11.3. The molecule has 0 N–H and O–H groups in total. The fourth-order valence-electron chi connectivity index (χ4n) is 2.38. The normalized spacial score (nSPS) is 11.0.